The fourth-order valence-corrected chi connectivity index (χ4v) is 5.18. The molecule has 116 valence electrons. The van der Waals surface area contributed by atoms with Crippen molar-refractivity contribution >= 4 is 34.7 Å². The minimum absolute atomic E-state index is 0.0259. The Labute approximate surface area is 146 Å². The third kappa shape index (κ3) is 2.51. The molecule has 0 amide bonds. The van der Waals surface area contributed by atoms with E-state index in [0.717, 1.165) is 21.3 Å². The summed E-state index contributed by atoms with van der Waals surface area (Å²) in [7, 11) is 1.83. The van der Waals surface area contributed by atoms with Gasteiger partial charge >= 0.3 is 10.7 Å². The maximum atomic E-state index is 12.7. The maximum Gasteiger partial charge on any atom is 0.345 e. The zero-order valence-corrected chi connectivity index (χ0v) is 14.7. The lowest BCUT2D eigenvalue weighted by molar-refractivity contribution is -0.744. The van der Waals surface area contributed by atoms with Gasteiger partial charge in [0.2, 0.25) is 0 Å². The molecule has 3 aromatic rings. The molecule has 1 aromatic carbocycles. The number of aromatic nitrogens is 3. The summed E-state index contributed by atoms with van der Waals surface area (Å²) in [6, 6.07) is 9.93. The lowest BCUT2D eigenvalue weighted by atomic mass is 10.1. The number of halogens is 1. The van der Waals surface area contributed by atoms with Crippen LogP contribution in [0.3, 0.4) is 0 Å². The highest BCUT2D eigenvalue weighted by Crippen LogP contribution is 2.33. The van der Waals surface area contributed by atoms with E-state index in [1.807, 2.05) is 49.8 Å². The predicted molar refractivity (Wildman–Crippen MR) is 93.3 cm³/mol. The Morgan fingerprint density at radius 2 is 2.13 bits per heavy atom. The molecule has 1 aliphatic rings. The van der Waals surface area contributed by atoms with Crippen LogP contribution >= 0.6 is 34.7 Å². The van der Waals surface area contributed by atoms with Crippen LogP contribution in [0, 0.1) is 0 Å². The molecule has 0 aliphatic carbocycles. The average molecular weight is 363 g/mol. The lowest BCUT2D eigenvalue weighted by Gasteiger charge is -2.09. The van der Waals surface area contributed by atoms with E-state index >= 15 is 0 Å². The Kier molecular flexibility index (Phi) is 3.75. The van der Waals surface area contributed by atoms with E-state index < -0.39 is 0 Å². The van der Waals surface area contributed by atoms with Gasteiger partial charge in [-0.05, 0) is 17.3 Å². The second-order valence-electron chi connectivity index (χ2n) is 5.31. The minimum atomic E-state index is 0.0259. The van der Waals surface area contributed by atoms with Crippen molar-refractivity contribution in [1.29, 1.82) is 0 Å². The monoisotopic (exact) mass is 362 g/mol. The van der Waals surface area contributed by atoms with Crippen molar-refractivity contribution in [1.82, 2.24) is 9.55 Å². The quantitative estimate of drug-likeness (QED) is 0.519. The van der Waals surface area contributed by atoms with Gasteiger partial charge in [-0.25, -0.2) is 14.3 Å². The molecule has 0 unspecified atom stereocenters. The van der Waals surface area contributed by atoms with Crippen molar-refractivity contribution in [3.05, 3.63) is 62.4 Å². The highest BCUT2D eigenvalue weighted by Gasteiger charge is 2.35. The third-order valence-electron chi connectivity index (χ3n) is 3.93. The molecular weight excluding hydrogens is 350 g/mol. The Bertz CT molecular complexity index is 936. The molecule has 4 nitrogen and oxygen atoms in total. The second kappa shape index (κ2) is 5.78. The smallest absolute Gasteiger partial charge is 0.241 e. The number of thioether (sulfide) groups is 1. The van der Waals surface area contributed by atoms with Crippen molar-refractivity contribution in [3.8, 4) is 11.1 Å². The van der Waals surface area contributed by atoms with Crippen LogP contribution in [-0.2, 0) is 7.05 Å². The Morgan fingerprint density at radius 1 is 1.35 bits per heavy atom. The molecular formula is C16H13ClN3OS2+. The van der Waals surface area contributed by atoms with Crippen LogP contribution in [0.25, 0.3) is 11.1 Å². The van der Waals surface area contributed by atoms with E-state index in [2.05, 4.69) is 9.55 Å². The van der Waals surface area contributed by atoms with Gasteiger partial charge in [0.15, 0.2) is 4.47 Å². The van der Waals surface area contributed by atoms with Crippen LogP contribution in [-0.4, -0.2) is 15.3 Å². The molecule has 1 aliphatic heterocycles. The number of rotatable bonds is 2. The van der Waals surface area contributed by atoms with Crippen LogP contribution in [0.15, 0.2) is 52.7 Å². The summed E-state index contributed by atoms with van der Waals surface area (Å²) in [5, 5.41) is 0.962. The number of hydrogen-bond donors (Lipinski definition) is 0. The predicted octanol–water partition coefficient (Wildman–Crippen LogP) is 3.14. The van der Waals surface area contributed by atoms with Crippen molar-refractivity contribution in [2.24, 2.45) is 7.05 Å². The fraction of sp³-hybridized carbons (Fsp3) is 0.188. The largest absolute Gasteiger partial charge is 0.345 e. The van der Waals surface area contributed by atoms with Gasteiger partial charge in [-0.3, -0.25) is 0 Å². The molecule has 0 saturated heterocycles. The van der Waals surface area contributed by atoms with Gasteiger partial charge in [-0.15, -0.1) is 11.3 Å². The van der Waals surface area contributed by atoms with E-state index in [4.69, 9.17) is 11.6 Å². The molecule has 2 aromatic heterocycles. The number of fused-ring (bicyclic) bond motifs is 1. The summed E-state index contributed by atoms with van der Waals surface area (Å²) in [6.07, 6.45) is 3.79. The summed E-state index contributed by atoms with van der Waals surface area (Å²) in [5.41, 5.74) is 1.67. The molecule has 7 heteroatoms. The zero-order valence-electron chi connectivity index (χ0n) is 12.3. The average Bonchev–Trinajstić information content (AvgIpc) is 3.17. The molecule has 0 spiro atoms. The molecule has 0 N–H and O–H groups in total. The first-order chi connectivity index (χ1) is 11.1. The van der Waals surface area contributed by atoms with E-state index in [9.17, 15) is 4.79 Å². The van der Waals surface area contributed by atoms with Crippen molar-refractivity contribution in [2.45, 2.75) is 11.2 Å². The van der Waals surface area contributed by atoms with Gasteiger partial charge in [0, 0.05) is 6.20 Å². The molecule has 0 radical (unpaired) electrons. The van der Waals surface area contributed by atoms with Crippen LogP contribution in [0.1, 0.15) is 10.9 Å². The van der Waals surface area contributed by atoms with Crippen molar-refractivity contribution in [3.63, 3.8) is 0 Å². The first-order valence-electron chi connectivity index (χ1n) is 7.10. The van der Waals surface area contributed by atoms with E-state index in [-0.39, 0.29) is 11.6 Å². The SMILES string of the molecule is Cn1c2[n+](cc(-c3ccccc3)c1=O)[C@@H](c1cnc(Cl)s1)CS2. The number of hydrogen-bond acceptors (Lipinski definition) is 4. The first kappa shape index (κ1) is 14.9. The maximum absolute atomic E-state index is 12.7. The lowest BCUT2D eigenvalue weighted by Crippen LogP contribution is -2.44. The van der Waals surface area contributed by atoms with Gasteiger partial charge in [-0.1, -0.05) is 41.9 Å². The van der Waals surface area contributed by atoms with E-state index in [0.29, 0.717) is 10.0 Å². The normalized spacial score (nSPS) is 16.5. The number of nitrogens with zero attached hydrogens (tertiary/aromatic N) is 3. The van der Waals surface area contributed by atoms with Crippen LogP contribution in [0.4, 0.5) is 0 Å². The van der Waals surface area contributed by atoms with E-state index in [1.165, 1.54) is 11.3 Å². The molecule has 1 atom stereocenters. The highest BCUT2D eigenvalue weighted by molar-refractivity contribution is 7.99. The molecule has 3 heterocycles. The number of benzene rings is 1. The Hall–Kier alpha value is -1.63. The minimum Gasteiger partial charge on any atom is -0.241 e. The summed E-state index contributed by atoms with van der Waals surface area (Å²) < 4.78 is 4.45. The van der Waals surface area contributed by atoms with Gasteiger partial charge in [0.25, 0.3) is 0 Å². The van der Waals surface area contributed by atoms with Crippen LogP contribution < -0.4 is 10.1 Å². The third-order valence-corrected chi connectivity index (χ3v) is 6.37. The molecule has 0 saturated carbocycles. The summed E-state index contributed by atoms with van der Waals surface area (Å²) in [6.45, 7) is 0. The topological polar surface area (TPSA) is 38.8 Å². The first-order valence-corrected chi connectivity index (χ1v) is 9.28. The summed E-state index contributed by atoms with van der Waals surface area (Å²) in [5.74, 6) is 0.879. The summed E-state index contributed by atoms with van der Waals surface area (Å²) in [4.78, 5) is 17.9. The molecule has 23 heavy (non-hydrogen) atoms. The molecule has 4 rings (SSSR count). The van der Waals surface area contributed by atoms with Gasteiger partial charge < -0.3 is 0 Å². The standard InChI is InChI=1S/C16H13ClN3OS2/c1-19-14(21)11(10-5-3-2-4-6-10)8-20-12(9-22-16(19)20)13-7-18-15(17)23-13/h2-8,12H,9H2,1H3/q+1/t12-/m1/s1. The van der Waals surface area contributed by atoms with Crippen molar-refractivity contribution < 1.29 is 4.57 Å². The van der Waals surface area contributed by atoms with Crippen LogP contribution in [0.2, 0.25) is 4.47 Å². The zero-order chi connectivity index (χ0) is 16.0. The van der Waals surface area contributed by atoms with Gasteiger partial charge in [0.1, 0.15) is 17.8 Å². The van der Waals surface area contributed by atoms with Crippen molar-refractivity contribution in [2.75, 3.05) is 5.75 Å². The highest BCUT2D eigenvalue weighted by atomic mass is 35.5. The van der Waals surface area contributed by atoms with Gasteiger partial charge in [-0.2, -0.15) is 4.57 Å². The van der Waals surface area contributed by atoms with E-state index in [1.54, 1.807) is 16.3 Å². The van der Waals surface area contributed by atoms with Gasteiger partial charge in [0.05, 0.1) is 17.7 Å². The Balaban J connectivity index is 1.90. The molecule has 0 bridgehead atoms. The van der Waals surface area contributed by atoms with Crippen LogP contribution in [0.5, 0.6) is 0 Å². The summed E-state index contributed by atoms with van der Waals surface area (Å²) >= 11 is 9.17. The number of thiazole rings is 1. The molecule has 0 fully saturated rings. The second-order valence-corrected chi connectivity index (χ2v) is 7.94. The Morgan fingerprint density at radius 3 is 2.83 bits per heavy atom. The fourth-order valence-electron chi connectivity index (χ4n) is 2.77.